The van der Waals surface area contributed by atoms with Gasteiger partial charge in [-0.25, -0.2) is 15.6 Å². The zero-order valence-electron chi connectivity index (χ0n) is 8.51. The first-order valence-corrected chi connectivity index (χ1v) is 5.55. The van der Waals surface area contributed by atoms with Crippen molar-refractivity contribution < 1.29 is 4.84 Å². The van der Waals surface area contributed by atoms with Crippen LogP contribution in [-0.2, 0) is 11.3 Å². The predicted octanol–water partition coefficient (Wildman–Crippen LogP) is 1.46. The Hall–Kier alpha value is -1.24. The third-order valence-electron chi connectivity index (χ3n) is 2.19. The van der Waals surface area contributed by atoms with E-state index in [9.17, 15) is 0 Å². The van der Waals surface area contributed by atoms with Crippen LogP contribution in [-0.4, -0.2) is 21.4 Å². The largest absolute Gasteiger partial charge is 0.304 e. The van der Waals surface area contributed by atoms with Gasteiger partial charge in [-0.05, 0) is 40.0 Å². The van der Waals surface area contributed by atoms with Crippen LogP contribution in [0.4, 0.5) is 0 Å². The Kier molecular flexibility index (Phi) is 3.66. The van der Waals surface area contributed by atoms with E-state index < -0.39 is 0 Å². The van der Waals surface area contributed by atoms with Crippen molar-refractivity contribution in [2.45, 2.75) is 6.42 Å². The van der Waals surface area contributed by atoms with Crippen LogP contribution in [0.25, 0.3) is 5.69 Å². The highest BCUT2D eigenvalue weighted by atomic mass is 79.9. The summed E-state index contributed by atoms with van der Waals surface area (Å²) in [5.41, 5.74) is 2.11. The molecule has 5 nitrogen and oxygen atoms in total. The molecule has 0 radical (unpaired) electrons. The summed E-state index contributed by atoms with van der Waals surface area (Å²) in [6, 6.07) is 6.02. The summed E-state index contributed by atoms with van der Waals surface area (Å²) in [5.74, 6) is 4.99. The fourth-order valence-electron chi connectivity index (χ4n) is 1.40. The normalized spacial score (nSPS) is 10.6. The van der Waals surface area contributed by atoms with Crippen molar-refractivity contribution in [3.05, 3.63) is 40.9 Å². The van der Waals surface area contributed by atoms with E-state index in [-0.39, 0.29) is 0 Å². The smallest absolute Gasteiger partial charge is 0.138 e. The van der Waals surface area contributed by atoms with Gasteiger partial charge < -0.3 is 4.84 Å². The van der Waals surface area contributed by atoms with Gasteiger partial charge in [-0.1, -0.05) is 6.07 Å². The van der Waals surface area contributed by atoms with E-state index in [4.69, 9.17) is 5.90 Å². The topological polar surface area (TPSA) is 66.0 Å². The number of hydrogen-bond donors (Lipinski definition) is 1. The lowest BCUT2D eigenvalue weighted by atomic mass is 10.1. The quantitative estimate of drug-likeness (QED) is 0.863. The third kappa shape index (κ3) is 2.46. The fraction of sp³-hybridized carbons (Fsp3) is 0.200. The highest BCUT2D eigenvalue weighted by molar-refractivity contribution is 9.10. The maximum Gasteiger partial charge on any atom is 0.138 e. The SMILES string of the molecule is NOCCc1ccc(-n2cncn2)c(Br)c1. The fourth-order valence-corrected chi connectivity index (χ4v) is 2.01. The Morgan fingerprint density at radius 2 is 2.31 bits per heavy atom. The molecule has 1 heterocycles. The number of benzene rings is 1. The van der Waals surface area contributed by atoms with E-state index in [0.717, 1.165) is 22.1 Å². The third-order valence-corrected chi connectivity index (χ3v) is 2.82. The van der Waals surface area contributed by atoms with Gasteiger partial charge in [0.15, 0.2) is 0 Å². The zero-order valence-corrected chi connectivity index (χ0v) is 10.1. The van der Waals surface area contributed by atoms with Crippen LogP contribution in [0.15, 0.2) is 35.3 Å². The number of hydrogen-bond acceptors (Lipinski definition) is 4. The Bertz CT molecular complexity index is 458. The van der Waals surface area contributed by atoms with Gasteiger partial charge in [0, 0.05) is 4.47 Å². The first kappa shape index (κ1) is 11.3. The number of rotatable bonds is 4. The highest BCUT2D eigenvalue weighted by Gasteiger charge is 2.04. The Morgan fingerprint density at radius 3 is 2.94 bits per heavy atom. The minimum Gasteiger partial charge on any atom is -0.304 e. The van der Waals surface area contributed by atoms with E-state index >= 15 is 0 Å². The molecule has 16 heavy (non-hydrogen) atoms. The van der Waals surface area contributed by atoms with Crippen LogP contribution in [0.1, 0.15) is 5.56 Å². The molecule has 0 spiro atoms. The second-order valence-corrected chi connectivity index (χ2v) is 4.10. The van der Waals surface area contributed by atoms with Crippen LogP contribution < -0.4 is 5.90 Å². The lowest BCUT2D eigenvalue weighted by molar-refractivity contribution is 0.141. The monoisotopic (exact) mass is 282 g/mol. The molecule has 2 rings (SSSR count). The van der Waals surface area contributed by atoms with Gasteiger partial charge >= 0.3 is 0 Å². The standard InChI is InChI=1S/C10H11BrN4O/c11-9-5-8(3-4-16-12)1-2-10(9)15-7-13-6-14-15/h1-2,5-7H,3-4,12H2. The number of nitrogens with zero attached hydrogens (tertiary/aromatic N) is 3. The lowest BCUT2D eigenvalue weighted by Gasteiger charge is -2.06. The summed E-state index contributed by atoms with van der Waals surface area (Å²) in [6.45, 7) is 0.509. The van der Waals surface area contributed by atoms with Gasteiger partial charge in [-0.15, -0.1) is 0 Å². The minimum absolute atomic E-state index is 0.509. The van der Waals surface area contributed by atoms with Crippen molar-refractivity contribution in [2.75, 3.05) is 6.61 Å². The van der Waals surface area contributed by atoms with E-state index in [1.54, 1.807) is 11.0 Å². The van der Waals surface area contributed by atoms with E-state index in [0.29, 0.717) is 6.61 Å². The molecule has 1 aromatic carbocycles. The molecule has 0 aliphatic rings. The Labute approximate surface area is 101 Å². The maximum absolute atomic E-state index is 4.99. The van der Waals surface area contributed by atoms with Crippen molar-refractivity contribution in [1.82, 2.24) is 14.8 Å². The van der Waals surface area contributed by atoms with Crippen LogP contribution >= 0.6 is 15.9 Å². The Morgan fingerprint density at radius 1 is 1.44 bits per heavy atom. The number of nitrogens with two attached hydrogens (primary N) is 1. The number of aromatic nitrogens is 3. The summed E-state index contributed by atoms with van der Waals surface area (Å²) in [6.07, 6.45) is 3.94. The molecule has 0 amide bonds. The molecule has 0 fully saturated rings. The zero-order chi connectivity index (χ0) is 11.4. The molecule has 0 unspecified atom stereocenters. The van der Waals surface area contributed by atoms with Crippen molar-refractivity contribution >= 4 is 15.9 Å². The van der Waals surface area contributed by atoms with Gasteiger partial charge in [0.05, 0.1) is 12.3 Å². The van der Waals surface area contributed by atoms with Gasteiger partial charge in [-0.2, -0.15) is 5.10 Å². The molecule has 0 aliphatic heterocycles. The summed E-state index contributed by atoms with van der Waals surface area (Å²) in [5, 5.41) is 4.07. The van der Waals surface area contributed by atoms with E-state index in [2.05, 4.69) is 30.9 Å². The summed E-state index contributed by atoms with van der Waals surface area (Å²) < 4.78 is 2.67. The summed E-state index contributed by atoms with van der Waals surface area (Å²) in [7, 11) is 0. The van der Waals surface area contributed by atoms with Crippen molar-refractivity contribution in [3.63, 3.8) is 0 Å². The van der Waals surface area contributed by atoms with Crippen LogP contribution in [0, 0.1) is 0 Å². The van der Waals surface area contributed by atoms with Crippen LogP contribution in [0.2, 0.25) is 0 Å². The highest BCUT2D eigenvalue weighted by Crippen LogP contribution is 2.21. The summed E-state index contributed by atoms with van der Waals surface area (Å²) in [4.78, 5) is 8.45. The van der Waals surface area contributed by atoms with Crippen molar-refractivity contribution in [1.29, 1.82) is 0 Å². The average Bonchev–Trinajstić information content (AvgIpc) is 2.80. The molecule has 84 valence electrons. The maximum atomic E-state index is 4.99. The van der Waals surface area contributed by atoms with Crippen molar-refractivity contribution in [2.24, 2.45) is 5.90 Å². The molecule has 2 aromatic rings. The minimum atomic E-state index is 0.509. The van der Waals surface area contributed by atoms with E-state index in [1.165, 1.54) is 6.33 Å². The molecule has 0 bridgehead atoms. The molecule has 2 N–H and O–H groups in total. The second-order valence-electron chi connectivity index (χ2n) is 3.25. The molecule has 0 atom stereocenters. The first-order valence-electron chi connectivity index (χ1n) is 4.76. The molecular formula is C10H11BrN4O. The molecule has 6 heteroatoms. The number of halogens is 1. The van der Waals surface area contributed by atoms with Gasteiger partial charge in [0.1, 0.15) is 12.7 Å². The Balaban J connectivity index is 2.23. The molecule has 0 saturated carbocycles. The molecular weight excluding hydrogens is 272 g/mol. The summed E-state index contributed by atoms with van der Waals surface area (Å²) >= 11 is 3.50. The second kappa shape index (κ2) is 5.20. The van der Waals surface area contributed by atoms with Gasteiger partial charge in [0.25, 0.3) is 0 Å². The van der Waals surface area contributed by atoms with Gasteiger partial charge in [0.2, 0.25) is 0 Å². The van der Waals surface area contributed by atoms with Crippen LogP contribution in [0.5, 0.6) is 0 Å². The molecule has 0 saturated heterocycles. The molecule has 0 aliphatic carbocycles. The van der Waals surface area contributed by atoms with Crippen LogP contribution in [0.3, 0.4) is 0 Å². The van der Waals surface area contributed by atoms with E-state index in [1.807, 2.05) is 18.2 Å². The first-order chi connectivity index (χ1) is 7.81. The van der Waals surface area contributed by atoms with Crippen molar-refractivity contribution in [3.8, 4) is 5.69 Å². The molecule has 1 aromatic heterocycles. The lowest BCUT2D eigenvalue weighted by Crippen LogP contribution is -2.04. The average molecular weight is 283 g/mol. The van der Waals surface area contributed by atoms with Gasteiger partial charge in [-0.3, -0.25) is 0 Å². The predicted molar refractivity (Wildman–Crippen MR) is 62.9 cm³/mol.